The van der Waals surface area contributed by atoms with Crippen molar-refractivity contribution in [2.24, 2.45) is 0 Å². The molecule has 1 aromatic carbocycles. The molecule has 0 atom stereocenters. The molecule has 0 aliphatic carbocycles. The smallest absolute Gasteiger partial charge is 0.230 e. The van der Waals surface area contributed by atoms with Crippen LogP contribution in [0.2, 0.25) is 0 Å². The minimum atomic E-state index is -0.195. The summed E-state index contributed by atoms with van der Waals surface area (Å²) in [7, 11) is 0. The van der Waals surface area contributed by atoms with Crippen LogP contribution in [0.1, 0.15) is 5.69 Å². The van der Waals surface area contributed by atoms with Crippen LogP contribution in [-0.4, -0.2) is 52.2 Å². The van der Waals surface area contributed by atoms with Gasteiger partial charge in [0.25, 0.3) is 0 Å². The summed E-state index contributed by atoms with van der Waals surface area (Å²) in [6, 6.07) is 13.4. The molecular weight excluding hydrogens is 394 g/mol. The number of nitrogens with one attached hydrogen (secondary N) is 1. The van der Waals surface area contributed by atoms with Gasteiger partial charge in [0.15, 0.2) is 5.58 Å². The molecule has 31 heavy (non-hydrogen) atoms. The van der Waals surface area contributed by atoms with Crippen molar-refractivity contribution >= 4 is 34.3 Å². The van der Waals surface area contributed by atoms with Crippen molar-refractivity contribution in [3.05, 3.63) is 66.7 Å². The zero-order valence-corrected chi connectivity index (χ0v) is 16.8. The SMILES string of the molecule is O=C(Cc1noc2ccccc12)Nc1cnc(N2CCN(c3ccccn3)CC2)nc1. The van der Waals surface area contributed by atoms with E-state index in [0.29, 0.717) is 22.9 Å². The fourth-order valence-electron chi connectivity index (χ4n) is 3.65. The second-order valence-corrected chi connectivity index (χ2v) is 7.28. The highest BCUT2D eigenvalue weighted by molar-refractivity contribution is 5.94. The Labute approximate surface area is 178 Å². The fourth-order valence-corrected chi connectivity index (χ4v) is 3.65. The number of amides is 1. The van der Waals surface area contributed by atoms with E-state index >= 15 is 0 Å². The lowest BCUT2D eigenvalue weighted by Gasteiger charge is -2.35. The van der Waals surface area contributed by atoms with E-state index < -0.39 is 0 Å². The van der Waals surface area contributed by atoms with Crippen molar-refractivity contribution in [3.63, 3.8) is 0 Å². The summed E-state index contributed by atoms with van der Waals surface area (Å²) in [5, 5.41) is 7.66. The van der Waals surface area contributed by atoms with Gasteiger partial charge in [-0.1, -0.05) is 23.4 Å². The molecule has 1 amide bonds. The Balaban J connectivity index is 1.17. The van der Waals surface area contributed by atoms with Gasteiger partial charge in [0, 0.05) is 37.8 Å². The lowest BCUT2D eigenvalue weighted by atomic mass is 10.1. The first-order chi connectivity index (χ1) is 15.3. The first-order valence-electron chi connectivity index (χ1n) is 10.1. The van der Waals surface area contributed by atoms with Crippen molar-refractivity contribution in [1.29, 1.82) is 0 Å². The maximum atomic E-state index is 12.4. The van der Waals surface area contributed by atoms with Crippen LogP contribution in [0, 0.1) is 0 Å². The van der Waals surface area contributed by atoms with Crippen molar-refractivity contribution in [2.45, 2.75) is 6.42 Å². The van der Waals surface area contributed by atoms with Crippen molar-refractivity contribution in [2.75, 3.05) is 41.3 Å². The van der Waals surface area contributed by atoms with Gasteiger partial charge < -0.3 is 19.6 Å². The molecule has 4 aromatic rings. The van der Waals surface area contributed by atoms with Crippen molar-refractivity contribution in [3.8, 4) is 0 Å². The van der Waals surface area contributed by atoms with Gasteiger partial charge in [0.1, 0.15) is 11.5 Å². The second-order valence-electron chi connectivity index (χ2n) is 7.28. The van der Waals surface area contributed by atoms with Crippen LogP contribution in [0.5, 0.6) is 0 Å². The molecule has 156 valence electrons. The lowest BCUT2D eigenvalue weighted by molar-refractivity contribution is -0.115. The summed E-state index contributed by atoms with van der Waals surface area (Å²) in [4.78, 5) is 30.1. The maximum absolute atomic E-state index is 12.4. The van der Waals surface area contributed by atoms with Gasteiger partial charge in [-0.2, -0.15) is 0 Å². The molecule has 9 heteroatoms. The third kappa shape index (κ3) is 4.16. The molecule has 4 heterocycles. The van der Waals surface area contributed by atoms with E-state index in [9.17, 15) is 4.79 Å². The van der Waals surface area contributed by atoms with Crippen LogP contribution < -0.4 is 15.1 Å². The molecule has 1 saturated heterocycles. The molecule has 0 radical (unpaired) electrons. The predicted molar refractivity (Wildman–Crippen MR) is 117 cm³/mol. The van der Waals surface area contributed by atoms with E-state index in [0.717, 1.165) is 37.4 Å². The highest BCUT2D eigenvalue weighted by Gasteiger charge is 2.20. The summed E-state index contributed by atoms with van der Waals surface area (Å²) in [6.07, 6.45) is 5.19. The summed E-state index contributed by atoms with van der Waals surface area (Å²) in [5.41, 5.74) is 1.83. The van der Waals surface area contributed by atoms with Crippen LogP contribution in [0.25, 0.3) is 11.0 Å². The number of aromatic nitrogens is 4. The monoisotopic (exact) mass is 415 g/mol. The van der Waals surface area contributed by atoms with Crippen molar-refractivity contribution < 1.29 is 9.32 Å². The summed E-state index contributed by atoms with van der Waals surface area (Å²) < 4.78 is 5.25. The van der Waals surface area contributed by atoms with Gasteiger partial charge >= 0.3 is 0 Å². The average molecular weight is 415 g/mol. The number of carbonyl (C=O) groups excluding carboxylic acids is 1. The molecule has 1 aliphatic rings. The molecule has 0 saturated carbocycles. The first kappa shape index (κ1) is 19.0. The quantitative estimate of drug-likeness (QED) is 0.531. The van der Waals surface area contributed by atoms with Gasteiger partial charge in [-0.05, 0) is 24.3 Å². The number of rotatable bonds is 5. The molecule has 5 rings (SSSR count). The largest absolute Gasteiger partial charge is 0.356 e. The molecule has 0 spiro atoms. The molecular formula is C22H21N7O2. The van der Waals surface area contributed by atoms with Gasteiger partial charge in [-0.15, -0.1) is 0 Å². The number of para-hydroxylation sites is 1. The van der Waals surface area contributed by atoms with E-state index in [1.54, 1.807) is 12.4 Å². The summed E-state index contributed by atoms with van der Waals surface area (Å²) in [5.74, 6) is 1.45. The number of benzene rings is 1. The van der Waals surface area contributed by atoms with Gasteiger partial charge in [-0.25, -0.2) is 15.0 Å². The number of hydrogen-bond donors (Lipinski definition) is 1. The Hall–Kier alpha value is -4.01. The molecule has 1 N–H and O–H groups in total. The minimum Gasteiger partial charge on any atom is -0.356 e. The Bertz CT molecular complexity index is 1170. The Morgan fingerprint density at radius 3 is 2.45 bits per heavy atom. The Morgan fingerprint density at radius 1 is 0.935 bits per heavy atom. The van der Waals surface area contributed by atoms with Crippen LogP contribution in [0.15, 0.2) is 65.6 Å². The number of nitrogens with zero attached hydrogens (tertiary/aromatic N) is 6. The number of carbonyl (C=O) groups is 1. The first-order valence-corrected chi connectivity index (χ1v) is 10.1. The number of anilines is 3. The Kier molecular flexibility index (Phi) is 5.14. The number of pyridine rings is 1. The minimum absolute atomic E-state index is 0.119. The summed E-state index contributed by atoms with van der Waals surface area (Å²) in [6.45, 7) is 3.32. The molecule has 0 unspecified atom stereocenters. The number of piperazine rings is 1. The average Bonchev–Trinajstić information content (AvgIpc) is 3.23. The van der Waals surface area contributed by atoms with E-state index in [2.05, 4.69) is 35.2 Å². The standard InChI is InChI=1S/C22H21N7O2/c30-21(13-18-17-5-1-2-6-19(17)31-27-18)26-16-14-24-22(25-15-16)29-11-9-28(10-12-29)20-7-3-4-8-23-20/h1-8,14-15H,9-13H2,(H,26,30). The lowest BCUT2D eigenvalue weighted by Crippen LogP contribution is -2.47. The van der Waals surface area contributed by atoms with Crippen LogP contribution >= 0.6 is 0 Å². The highest BCUT2D eigenvalue weighted by atomic mass is 16.5. The second kappa shape index (κ2) is 8.39. The van der Waals surface area contributed by atoms with Gasteiger partial charge in [0.2, 0.25) is 11.9 Å². The third-order valence-electron chi connectivity index (χ3n) is 5.24. The predicted octanol–water partition coefficient (Wildman–Crippen LogP) is 2.52. The normalized spacial score (nSPS) is 14.1. The van der Waals surface area contributed by atoms with Crippen LogP contribution in [0.3, 0.4) is 0 Å². The van der Waals surface area contributed by atoms with Crippen molar-refractivity contribution in [1.82, 2.24) is 20.1 Å². The van der Waals surface area contributed by atoms with Gasteiger partial charge in [-0.3, -0.25) is 4.79 Å². The zero-order chi connectivity index (χ0) is 21.0. The highest BCUT2D eigenvalue weighted by Crippen LogP contribution is 2.19. The van der Waals surface area contributed by atoms with Crippen LogP contribution in [0.4, 0.5) is 17.5 Å². The number of hydrogen-bond acceptors (Lipinski definition) is 8. The third-order valence-corrected chi connectivity index (χ3v) is 5.24. The molecule has 1 aliphatic heterocycles. The van der Waals surface area contributed by atoms with E-state index in [4.69, 9.17) is 4.52 Å². The van der Waals surface area contributed by atoms with E-state index in [1.165, 1.54) is 0 Å². The zero-order valence-electron chi connectivity index (χ0n) is 16.8. The van der Waals surface area contributed by atoms with Crippen LogP contribution in [-0.2, 0) is 11.2 Å². The molecule has 3 aromatic heterocycles. The summed E-state index contributed by atoms with van der Waals surface area (Å²) >= 11 is 0. The maximum Gasteiger partial charge on any atom is 0.230 e. The molecule has 0 bridgehead atoms. The molecule has 9 nitrogen and oxygen atoms in total. The van der Waals surface area contributed by atoms with E-state index in [1.807, 2.05) is 48.7 Å². The Morgan fingerprint density at radius 2 is 1.68 bits per heavy atom. The van der Waals surface area contributed by atoms with Gasteiger partial charge in [0.05, 0.1) is 24.5 Å². The number of fused-ring (bicyclic) bond motifs is 1. The fraction of sp³-hybridized carbons (Fsp3) is 0.227. The topological polar surface area (TPSA) is 100 Å². The molecule has 1 fully saturated rings. The van der Waals surface area contributed by atoms with E-state index in [-0.39, 0.29) is 12.3 Å².